The van der Waals surface area contributed by atoms with Crippen LogP contribution in [0.4, 0.5) is 0 Å². The highest BCUT2D eigenvalue weighted by molar-refractivity contribution is 5.28. The summed E-state index contributed by atoms with van der Waals surface area (Å²) in [5.74, 6) is 10.6. The van der Waals surface area contributed by atoms with Crippen LogP contribution in [0.3, 0.4) is 0 Å². The highest BCUT2D eigenvalue weighted by Crippen LogP contribution is 2.28. The molecule has 0 aromatic rings. The first kappa shape index (κ1) is 26.5. The van der Waals surface area contributed by atoms with E-state index in [2.05, 4.69) is 23.7 Å². The molecular formula is C21H30O11. The van der Waals surface area contributed by atoms with Gasteiger partial charge in [0.15, 0.2) is 12.6 Å². The molecule has 0 amide bonds. The molecule has 9 atom stereocenters. The summed E-state index contributed by atoms with van der Waals surface area (Å²) < 4.78 is 21.6. The van der Waals surface area contributed by atoms with Crippen LogP contribution in [0.1, 0.15) is 19.8 Å². The number of hydrogen-bond donors (Lipinski definition) is 7. The molecule has 2 aliphatic heterocycles. The molecule has 1 unspecified atom stereocenters. The maximum Gasteiger partial charge on any atom is 0.188 e. The van der Waals surface area contributed by atoms with Crippen molar-refractivity contribution in [1.82, 2.24) is 0 Å². The van der Waals surface area contributed by atoms with E-state index in [4.69, 9.17) is 24.1 Å². The number of hydrogen-bond acceptors (Lipinski definition) is 11. The molecule has 11 nitrogen and oxygen atoms in total. The van der Waals surface area contributed by atoms with Crippen molar-refractivity contribution in [3.63, 3.8) is 0 Å². The van der Waals surface area contributed by atoms with Gasteiger partial charge in [-0.05, 0) is 24.3 Å². The Bertz CT molecular complexity index is 735. The van der Waals surface area contributed by atoms with Crippen LogP contribution in [0.15, 0.2) is 12.3 Å². The first-order chi connectivity index (χ1) is 15.3. The minimum absolute atomic E-state index is 0.328. The second-order valence-corrected chi connectivity index (χ2v) is 7.43. The third-order valence-corrected chi connectivity index (χ3v) is 5.05. The van der Waals surface area contributed by atoms with Gasteiger partial charge in [-0.25, -0.2) is 0 Å². The van der Waals surface area contributed by atoms with Crippen molar-refractivity contribution in [2.45, 2.75) is 74.6 Å². The van der Waals surface area contributed by atoms with Crippen LogP contribution in [0, 0.1) is 23.7 Å². The van der Waals surface area contributed by atoms with Gasteiger partial charge in [-0.1, -0.05) is 18.8 Å². The summed E-state index contributed by atoms with van der Waals surface area (Å²) in [6.07, 6.45) is -7.65. The topological polar surface area (TPSA) is 179 Å². The molecule has 0 spiro atoms. The van der Waals surface area contributed by atoms with Crippen molar-refractivity contribution in [3.05, 3.63) is 12.3 Å². The fourth-order valence-corrected chi connectivity index (χ4v) is 3.01. The molecule has 0 saturated carbocycles. The normalized spacial score (nSPS) is 38.0. The van der Waals surface area contributed by atoms with Crippen LogP contribution in [-0.2, 0) is 18.9 Å². The Morgan fingerprint density at radius 2 is 1.88 bits per heavy atom. The highest BCUT2D eigenvalue weighted by Gasteiger charge is 2.50. The summed E-state index contributed by atoms with van der Waals surface area (Å²) in [5.41, 5.74) is -1.87. The van der Waals surface area contributed by atoms with Crippen molar-refractivity contribution in [2.24, 2.45) is 0 Å². The summed E-state index contributed by atoms with van der Waals surface area (Å²) >= 11 is 0. The maximum absolute atomic E-state index is 10.2. The van der Waals surface area contributed by atoms with Gasteiger partial charge in [0, 0.05) is 6.42 Å². The van der Waals surface area contributed by atoms with Gasteiger partial charge in [0.05, 0.1) is 26.1 Å². The maximum atomic E-state index is 10.2. The van der Waals surface area contributed by atoms with Gasteiger partial charge in [-0.3, -0.25) is 0 Å². The zero-order valence-corrected chi connectivity index (χ0v) is 17.6. The Morgan fingerprint density at radius 3 is 2.50 bits per heavy atom. The Morgan fingerprint density at radius 1 is 1.12 bits per heavy atom. The van der Waals surface area contributed by atoms with Crippen molar-refractivity contribution in [1.29, 1.82) is 0 Å². The van der Waals surface area contributed by atoms with E-state index < -0.39 is 61.4 Å². The number of aliphatic hydroxyl groups excluding tert-OH is 6. The average molecular weight is 458 g/mol. The molecule has 0 aliphatic carbocycles. The van der Waals surface area contributed by atoms with E-state index in [1.54, 1.807) is 6.92 Å². The van der Waals surface area contributed by atoms with E-state index in [9.17, 15) is 30.6 Å². The monoisotopic (exact) mass is 458 g/mol. The molecule has 32 heavy (non-hydrogen) atoms. The van der Waals surface area contributed by atoms with E-state index in [0.29, 0.717) is 12.8 Å². The lowest BCUT2D eigenvalue weighted by atomic mass is 9.99. The quantitative estimate of drug-likeness (QED) is 0.151. The zero-order chi connectivity index (χ0) is 23.7. The molecule has 0 radical (unpaired) electrons. The summed E-state index contributed by atoms with van der Waals surface area (Å²) in [7, 11) is 0. The molecule has 0 bridgehead atoms. The van der Waals surface area contributed by atoms with Gasteiger partial charge >= 0.3 is 0 Å². The molecule has 0 aromatic carbocycles. The minimum atomic E-state index is -1.87. The first-order valence-corrected chi connectivity index (χ1v) is 10.1. The molecule has 2 heterocycles. The number of aliphatic hydroxyl groups is 7. The van der Waals surface area contributed by atoms with Gasteiger partial charge in [0.1, 0.15) is 42.2 Å². The Kier molecular flexibility index (Phi) is 10.3. The number of allylic oxidation sites excluding steroid dienone is 1. The predicted octanol–water partition coefficient (Wildman–Crippen LogP) is -2.48. The van der Waals surface area contributed by atoms with Crippen LogP contribution < -0.4 is 0 Å². The van der Waals surface area contributed by atoms with Crippen LogP contribution >= 0.6 is 0 Å². The van der Waals surface area contributed by atoms with E-state index >= 15 is 0 Å². The summed E-state index contributed by atoms with van der Waals surface area (Å²) in [4.78, 5) is 0. The molecule has 2 fully saturated rings. The van der Waals surface area contributed by atoms with E-state index in [1.807, 2.05) is 0 Å². The number of rotatable bonds is 8. The minimum Gasteiger partial charge on any atom is -0.516 e. The summed E-state index contributed by atoms with van der Waals surface area (Å²) in [6, 6.07) is 0. The van der Waals surface area contributed by atoms with Gasteiger partial charge in [-0.2, -0.15) is 0 Å². The van der Waals surface area contributed by atoms with Crippen molar-refractivity contribution in [2.75, 3.05) is 19.8 Å². The van der Waals surface area contributed by atoms with E-state index in [0.717, 1.165) is 6.26 Å². The fourth-order valence-electron chi connectivity index (χ4n) is 3.01. The summed E-state index contributed by atoms with van der Waals surface area (Å²) in [5, 5.41) is 68.4. The molecule has 2 saturated heterocycles. The predicted molar refractivity (Wildman–Crippen MR) is 108 cm³/mol. The third-order valence-electron chi connectivity index (χ3n) is 5.05. The third kappa shape index (κ3) is 6.63. The molecule has 11 heteroatoms. The Hall–Kier alpha value is -1.74. The number of ether oxygens (including phenoxy) is 4. The standard InChI is InChI=1S/C21H30O11/c1-2-13(8-6-4-3-5-7-9-22)31-19-17(26)16(25)15(24)14(32-19)10-29-20-18(27)21(28,11-23)12-30-20/h7,9,13-20,22-28H,2,5,10-12H2,1H3/b9-7+/t13?,14-,15-,16+,17-,18+,19-,20-,21-/m1/s1. The fraction of sp³-hybridized carbons (Fsp3) is 0.714. The van der Waals surface area contributed by atoms with Gasteiger partial charge in [-0.15, -0.1) is 0 Å². The molecule has 2 rings (SSSR count). The Balaban J connectivity index is 1.97. The van der Waals surface area contributed by atoms with Crippen molar-refractivity contribution < 1.29 is 54.7 Å². The SMILES string of the molecule is CCC(C#CC#CC/C=C/O)O[C@@H]1O[C@H](CO[C@@H]2OC[C@](O)(CO)[C@H]2O)[C@@H](O)[C@H](O)[C@H]1O. The lowest BCUT2D eigenvalue weighted by Gasteiger charge is -2.41. The smallest absolute Gasteiger partial charge is 0.188 e. The van der Waals surface area contributed by atoms with Gasteiger partial charge in [0.25, 0.3) is 0 Å². The van der Waals surface area contributed by atoms with Gasteiger partial charge < -0.3 is 54.7 Å². The molecular weight excluding hydrogens is 428 g/mol. The van der Waals surface area contributed by atoms with E-state index in [-0.39, 0.29) is 13.2 Å². The van der Waals surface area contributed by atoms with Crippen LogP contribution in [-0.4, -0.2) is 110 Å². The zero-order valence-electron chi connectivity index (χ0n) is 17.6. The molecule has 7 N–H and O–H groups in total. The highest BCUT2D eigenvalue weighted by atomic mass is 16.7. The largest absolute Gasteiger partial charge is 0.516 e. The van der Waals surface area contributed by atoms with Gasteiger partial charge in [0.2, 0.25) is 0 Å². The second kappa shape index (κ2) is 12.5. The van der Waals surface area contributed by atoms with Crippen LogP contribution in [0.2, 0.25) is 0 Å². The lowest BCUT2D eigenvalue weighted by molar-refractivity contribution is -0.314. The second-order valence-electron chi connectivity index (χ2n) is 7.43. The van der Waals surface area contributed by atoms with Crippen LogP contribution in [0.5, 0.6) is 0 Å². The Labute approximate surface area is 185 Å². The molecule has 0 aromatic heterocycles. The van der Waals surface area contributed by atoms with E-state index in [1.165, 1.54) is 6.08 Å². The first-order valence-electron chi connectivity index (χ1n) is 10.1. The molecule has 180 valence electrons. The summed E-state index contributed by atoms with van der Waals surface area (Å²) in [6.45, 7) is 0.315. The molecule has 2 aliphatic rings. The van der Waals surface area contributed by atoms with Crippen molar-refractivity contribution >= 4 is 0 Å². The average Bonchev–Trinajstić information content (AvgIpc) is 3.08. The van der Waals surface area contributed by atoms with Crippen LogP contribution in [0.25, 0.3) is 0 Å². The van der Waals surface area contributed by atoms with Crippen molar-refractivity contribution in [3.8, 4) is 23.7 Å². The lowest BCUT2D eigenvalue weighted by Crippen LogP contribution is -2.60.